The molecule has 0 spiro atoms. The lowest BCUT2D eigenvalue weighted by atomic mass is 9.87. The molecule has 2 amide bonds. The van der Waals surface area contributed by atoms with Gasteiger partial charge < -0.3 is 10.2 Å². The normalized spacial score (nSPS) is 24.2. The van der Waals surface area contributed by atoms with Crippen LogP contribution in [0.4, 0.5) is 0 Å². The summed E-state index contributed by atoms with van der Waals surface area (Å²) in [6.07, 6.45) is 9.60. The summed E-state index contributed by atoms with van der Waals surface area (Å²) in [6, 6.07) is 3.48. The van der Waals surface area contributed by atoms with Gasteiger partial charge in [-0.3, -0.25) is 14.6 Å². The zero-order chi connectivity index (χ0) is 21.3. The lowest BCUT2D eigenvalue weighted by Crippen LogP contribution is -2.40. The van der Waals surface area contributed by atoms with Crippen LogP contribution in [0, 0.1) is 11.8 Å². The van der Waals surface area contributed by atoms with Crippen LogP contribution in [0.2, 0.25) is 0 Å². The molecule has 3 heterocycles. The highest BCUT2D eigenvalue weighted by atomic mass is 79.9. The number of nitrogens with one attached hydrogen (secondary N) is 1. The van der Waals surface area contributed by atoms with E-state index < -0.39 is 0 Å². The van der Waals surface area contributed by atoms with E-state index in [9.17, 15) is 9.59 Å². The van der Waals surface area contributed by atoms with Crippen LogP contribution in [0.5, 0.6) is 0 Å². The predicted molar refractivity (Wildman–Crippen MR) is 120 cm³/mol. The molecule has 0 unspecified atom stereocenters. The number of likely N-dealkylation sites (tertiary alicyclic amines) is 1. The summed E-state index contributed by atoms with van der Waals surface area (Å²) in [5.41, 5.74) is 2.34. The van der Waals surface area contributed by atoms with Gasteiger partial charge in [0, 0.05) is 36.9 Å². The maximum Gasteiger partial charge on any atom is 0.270 e. The van der Waals surface area contributed by atoms with Crippen molar-refractivity contribution in [3.63, 3.8) is 0 Å². The zero-order valence-electron chi connectivity index (χ0n) is 17.4. The minimum Gasteiger partial charge on any atom is -0.346 e. The molecule has 1 N–H and O–H groups in total. The van der Waals surface area contributed by atoms with Crippen molar-refractivity contribution in [3.05, 3.63) is 46.3 Å². The average Bonchev–Trinajstić information content (AvgIpc) is 3.10. The molecule has 0 radical (unpaired) electrons. The number of allylic oxidation sites excluding steroid dienone is 1. The number of pyridine rings is 2. The molecule has 1 aliphatic carbocycles. The second-order valence-corrected chi connectivity index (χ2v) is 9.53. The molecule has 6 nitrogen and oxygen atoms in total. The van der Waals surface area contributed by atoms with Gasteiger partial charge in [0.25, 0.3) is 5.91 Å². The third-order valence-corrected chi connectivity index (χ3v) is 6.85. The van der Waals surface area contributed by atoms with E-state index >= 15 is 0 Å². The van der Waals surface area contributed by atoms with Crippen molar-refractivity contribution in [1.29, 1.82) is 0 Å². The number of carbonyl (C=O) groups excluding carboxylic acids is 2. The summed E-state index contributed by atoms with van der Waals surface area (Å²) in [7, 11) is 0. The standard InChI is InChI=1S/C23H27BrN4O2/c1-14-3-5-16(6-4-14)9-21(29)28-12-15(2)20(13-28)27-23(30)19-8-7-17-10-25-11-18(24)22(17)26-19/h7-11,14-15,20H,3-6,12-13H2,1-2H3,(H,27,30)/t14?,15-,20+/m1/s1. The summed E-state index contributed by atoms with van der Waals surface area (Å²) < 4.78 is 0.755. The molecule has 2 aliphatic rings. The smallest absolute Gasteiger partial charge is 0.270 e. The van der Waals surface area contributed by atoms with Crippen LogP contribution in [0.25, 0.3) is 10.9 Å². The number of fused-ring (bicyclic) bond motifs is 1. The first kappa shape index (κ1) is 21.0. The third kappa shape index (κ3) is 4.56. The van der Waals surface area contributed by atoms with Crippen LogP contribution < -0.4 is 5.32 Å². The Morgan fingerprint density at radius 2 is 1.93 bits per heavy atom. The quantitative estimate of drug-likeness (QED) is 0.684. The molecule has 158 valence electrons. The molecule has 2 aromatic rings. The molecule has 1 saturated carbocycles. The number of halogens is 1. The van der Waals surface area contributed by atoms with E-state index in [0.717, 1.165) is 28.6 Å². The molecule has 2 aromatic heterocycles. The van der Waals surface area contributed by atoms with Crippen molar-refractivity contribution in [1.82, 2.24) is 20.2 Å². The second-order valence-electron chi connectivity index (χ2n) is 8.68. The van der Waals surface area contributed by atoms with Gasteiger partial charge in [-0.2, -0.15) is 0 Å². The summed E-state index contributed by atoms with van der Waals surface area (Å²) in [4.78, 5) is 36.0. The molecule has 30 heavy (non-hydrogen) atoms. The van der Waals surface area contributed by atoms with Crippen molar-refractivity contribution < 1.29 is 9.59 Å². The van der Waals surface area contributed by atoms with Gasteiger partial charge in [0.05, 0.1) is 16.0 Å². The molecular weight excluding hydrogens is 444 g/mol. The molecule has 7 heteroatoms. The number of amides is 2. The van der Waals surface area contributed by atoms with Crippen LogP contribution >= 0.6 is 15.9 Å². The lowest BCUT2D eigenvalue weighted by Gasteiger charge is -2.21. The summed E-state index contributed by atoms with van der Waals surface area (Å²) in [5, 5.41) is 3.95. The van der Waals surface area contributed by atoms with Gasteiger partial charge in [0.2, 0.25) is 5.91 Å². The van der Waals surface area contributed by atoms with E-state index in [-0.39, 0.29) is 23.8 Å². The van der Waals surface area contributed by atoms with Crippen LogP contribution in [0.15, 0.2) is 40.6 Å². The minimum atomic E-state index is -0.216. The predicted octanol–water partition coefficient (Wildman–Crippen LogP) is 4.11. The van der Waals surface area contributed by atoms with Gasteiger partial charge >= 0.3 is 0 Å². The van der Waals surface area contributed by atoms with Crippen LogP contribution in [-0.4, -0.2) is 45.8 Å². The topological polar surface area (TPSA) is 75.2 Å². The number of aromatic nitrogens is 2. The molecule has 2 atom stereocenters. The Morgan fingerprint density at radius 3 is 2.70 bits per heavy atom. The van der Waals surface area contributed by atoms with E-state index in [1.54, 1.807) is 18.5 Å². The molecule has 0 bridgehead atoms. The van der Waals surface area contributed by atoms with Crippen molar-refractivity contribution in [2.75, 3.05) is 13.1 Å². The first-order valence-corrected chi connectivity index (χ1v) is 11.4. The maximum absolute atomic E-state index is 12.8. The fourth-order valence-corrected chi connectivity index (χ4v) is 4.69. The van der Waals surface area contributed by atoms with E-state index in [2.05, 4.69) is 45.1 Å². The monoisotopic (exact) mass is 470 g/mol. The number of nitrogens with zero attached hydrogens (tertiary/aromatic N) is 3. The average molecular weight is 471 g/mol. The van der Waals surface area contributed by atoms with Gasteiger partial charge in [-0.1, -0.05) is 19.4 Å². The Labute approximate surface area is 185 Å². The third-order valence-electron chi connectivity index (χ3n) is 6.27. The van der Waals surface area contributed by atoms with Gasteiger partial charge in [0.15, 0.2) is 0 Å². The molecule has 1 saturated heterocycles. The van der Waals surface area contributed by atoms with E-state index in [1.807, 2.05) is 17.0 Å². The Bertz CT molecular complexity index is 996. The van der Waals surface area contributed by atoms with Gasteiger partial charge in [0.1, 0.15) is 5.69 Å². The Balaban J connectivity index is 1.40. The molecular formula is C23H27BrN4O2. The molecule has 2 fully saturated rings. The SMILES string of the molecule is CC1CCC(=CC(=O)N2C[C@@H](C)[C@@H](NC(=O)c3ccc4cncc(Br)c4n3)C2)CC1. The van der Waals surface area contributed by atoms with Crippen LogP contribution in [0.3, 0.4) is 0 Å². The van der Waals surface area contributed by atoms with Gasteiger partial charge in [-0.15, -0.1) is 0 Å². The Morgan fingerprint density at radius 1 is 1.17 bits per heavy atom. The number of hydrogen-bond acceptors (Lipinski definition) is 4. The summed E-state index contributed by atoms with van der Waals surface area (Å²) in [5.74, 6) is 0.804. The minimum absolute atomic E-state index is 0.0726. The van der Waals surface area contributed by atoms with Gasteiger partial charge in [-0.25, -0.2) is 4.98 Å². The highest BCUT2D eigenvalue weighted by Crippen LogP contribution is 2.28. The van der Waals surface area contributed by atoms with E-state index in [4.69, 9.17) is 0 Å². The van der Waals surface area contributed by atoms with E-state index in [1.165, 1.54) is 18.4 Å². The lowest BCUT2D eigenvalue weighted by molar-refractivity contribution is -0.125. The largest absolute Gasteiger partial charge is 0.346 e. The molecule has 4 rings (SSSR count). The highest BCUT2D eigenvalue weighted by molar-refractivity contribution is 9.10. The van der Waals surface area contributed by atoms with Gasteiger partial charge in [-0.05, 0) is 65.6 Å². The molecule has 1 aliphatic heterocycles. The highest BCUT2D eigenvalue weighted by Gasteiger charge is 2.33. The van der Waals surface area contributed by atoms with Crippen molar-refractivity contribution >= 4 is 38.6 Å². The van der Waals surface area contributed by atoms with Crippen LogP contribution in [0.1, 0.15) is 50.0 Å². The summed E-state index contributed by atoms with van der Waals surface area (Å²) >= 11 is 3.44. The van der Waals surface area contributed by atoms with Crippen LogP contribution in [-0.2, 0) is 4.79 Å². The van der Waals surface area contributed by atoms with Crippen molar-refractivity contribution in [2.24, 2.45) is 11.8 Å². The second kappa shape index (κ2) is 8.84. The first-order valence-electron chi connectivity index (χ1n) is 10.6. The number of hydrogen-bond donors (Lipinski definition) is 1. The zero-order valence-corrected chi connectivity index (χ0v) is 19.0. The number of rotatable bonds is 3. The first-order chi connectivity index (χ1) is 14.4. The fraction of sp³-hybridized carbons (Fsp3) is 0.478. The number of carbonyl (C=O) groups is 2. The maximum atomic E-state index is 12.8. The Hall–Kier alpha value is -2.28. The van der Waals surface area contributed by atoms with Crippen molar-refractivity contribution in [3.8, 4) is 0 Å². The van der Waals surface area contributed by atoms with Crippen molar-refractivity contribution in [2.45, 2.75) is 45.6 Å². The summed E-state index contributed by atoms with van der Waals surface area (Å²) in [6.45, 7) is 5.54. The fourth-order valence-electron chi connectivity index (χ4n) is 4.26. The molecule has 0 aromatic carbocycles. The Kier molecular flexibility index (Phi) is 6.18. The van der Waals surface area contributed by atoms with E-state index in [0.29, 0.717) is 24.3 Å².